The van der Waals surface area contributed by atoms with Crippen molar-refractivity contribution in [2.45, 2.75) is 61.3 Å². The zero-order valence-corrected chi connectivity index (χ0v) is 12.9. The van der Waals surface area contributed by atoms with Crippen LogP contribution in [0.5, 0.6) is 0 Å². The Morgan fingerprint density at radius 2 is 1.52 bits per heavy atom. The first-order valence-electron chi connectivity index (χ1n) is 7.48. The second-order valence-corrected chi connectivity index (χ2v) is 5.73. The molecule has 0 bridgehead atoms. The maximum Gasteiger partial charge on any atom is 0.187 e. The molecule has 13 heteroatoms. The summed E-state index contributed by atoms with van der Waals surface area (Å²) in [7, 11) is 0. The summed E-state index contributed by atoms with van der Waals surface area (Å²) in [6.07, 6.45) is -13.9. The summed E-state index contributed by atoms with van der Waals surface area (Å²) in [5.41, 5.74) is 8.49. The van der Waals surface area contributed by atoms with Crippen LogP contribution in [0.2, 0.25) is 0 Å². The van der Waals surface area contributed by atoms with Gasteiger partial charge >= 0.3 is 0 Å². The van der Waals surface area contributed by atoms with E-state index in [1.807, 2.05) is 0 Å². The fraction of sp³-hybridized carbons (Fsp3) is 1.00. The summed E-state index contributed by atoms with van der Waals surface area (Å²) in [4.78, 5) is 2.47. The van der Waals surface area contributed by atoms with Gasteiger partial charge < -0.3 is 50.0 Å². The van der Waals surface area contributed by atoms with Gasteiger partial charge in [0.2, 0.25) is 0 Å². The summed E-state index contributed by atoms with van der Waals surface area (Å²) in [6.45, 7) is -1.38. The van der Waals surface area contributed by atoms with Gasteiger partial charge in [0.25, 0.3) is 0 Å². The largest absolute Gasteiger partial charge is 0.394 e. The number of aliphatic hydroxyl groups is 7. The molecule has 7 N–H and O–H groups in total. The fourth-order valence-corrected chi connectivity index (χ4v) is 2.75. The maximum absolute atomic E-state index is 10.3. The molecule has 0 aliphatic carbocycles. The third-order valence-corrected chi connectivity index (χ3v) is 4.16. The van der Waals surface area contributed by atoms with E-state index in [2.05, 4.69) is 10.0 Å². The van der Waals surface area contributed by atoms with Gasteiger partial charge in [0.1, 0.15) is 42.7 Å². The zero-order chi connectivity index (χ0) is 18.7. The smallest absolute Gasteiger partial charge is 0.187 e. The van der Waals surface area contributed by atoms with Crippen LogP contribution in [-0.4, -0.2) is 110 Å². The van der Waals surface area contributed by atoms with E-state index in [1.54, 1.807) is 0 Å². The Morgan fingerprint density at radius 1 is 0.880 bits per heavy atom. The molecule has 0 radical (unpaired) electrons. The molecule has 0 spiro atoms. The summed E-state index contributed by atoms with van der Waals surface area (Å²) >= 11 is 0. The number of nitrogens with zero attached hydrogens (tertiary/aromatic N) is 3. The first-order valence-corrected chi connectivity index (χ1v) is 7.48. The monoisotopic (exact) mass is 367 g/mol. The van der Waals surface area contributed by atoms with E-state index >= 15 is 0 Å². The van der Waals surface area contributed by atoms with Gasteiger partial charge in [0.15, 0.2) is 12.6 Å². The molecule has 0 aromatic heterocycles. The number of aliphatic hydroxyl groups excluding tert-OH is 7. The van der Waals surface area contributed by atoms with Crippen molar-refractivity contribution >= 4 is 0 Å². The van der Waals surface area contributed by atoms with E-state index in [9.17, 15) is 30.6 Å². The predicted molar refractivity (Wildman–Crippen MR) is 75.5 cm³/mol. The average molecular weight is 367 g/mol. The summed E-state index contributed by atoms with van der Waals surface area (Å²) < 4.78 is 15.5. The van der Waals surface area contributed by atoms with Crippen LogP contribution in [0.15, 0.2) is 5.11 Å². The standard InChI is InChI=1S/C12H21N3O10/c13-15-14-5-7(19)10(4(2-17)23-11(5)22)25-12-9(21)8(20)6(18)3(1-16)24-12/h3-12,16-22H,1-2H2/t3-,4-,5-,6+,7-,8+,9-,10-,11?,12+/m1/s1. The van der Waals surface area contributed by atoms with Crippen LogP contribution in [0.1, 0.15) is 0 Å². The van der Waals surface area contributed by atoms with E-state index in [4.69, 9.17) is 24.8 Å². The van der Waals surface area contributed by atoms with Gasteiger partial charge in [-0.25, -0.2) is 0 Å². The van der Waals surface area contributed by atoms with Crippen molar-refractivity contribution < 1.29 is 50.0 Å². The van der Waals surface area contributed by atoms with Gasteiger partial charge in [0.05, 0.1) is 19.3 Å². The van der Waals surface area contributed by atoms with Gasteiger partial charge in [-0.1, -0.05) is 5.11 Å². The number of hydrogen-bond donors (Lipinski definition) is 7. The lowest BCUT2D eigenvalue weighted by Gasteiger charge is -2.45. The molecule has 1 unspecified atom stereocenters. The molecular weight excluding hydrogens is 346 g/mol. The number of hydrogen-bond acceptors (Lipinski definition) is 11. The van der Waals surface area contributed by atoms with E-state index < -0.39 is 74.6 Å². The lowest BCUT2D eigenvalue weighted by atomic mass is 9.96. The lowest BCUT2D eigenvalue weighted by molar-refractivity contribution is -0.344. The molecule has 0 saturated carbocycles. The zero-order valence-electron chi connectivity index (χ0n) is 12.9. The van der Waals surface area contributed by atoms with Crippen LogP contribution < -0.4 is 0 Å². The summed E-state index contributed by atoms with van der Waals surface area (Å²) in [5.74, 6) is 0. The van der Waals surface area contributed by atoms with Gasteiger partial charge in [0, 0.05) is 4.91 Å². The van der Waals surface area contributed by atoms with E-state index in [0.717, 1.165) is 0 Å². The Labute approximate surface area is 141 Å². The highest BCUT2D eigenvalue weighted by Crippen LogP contribution is 2.29. The molecule has 0 amide bonds. The van der Waals surface area contributed by atoms with E-state index in [1.165, 1.54) is 0 Å². The SMILES string of the molecule is [N-]=[N+]=N[C@H]1C(O)O[C@H](CO)[C@@H](O[C@@H]2O[C@H](CO)[C@H](O)[C@H](O)[C@H]2O)[C@@H]1O. The number of azide groups is 1. The molecule has 2 saturated heterocycles. The third-order valence-electron chi connectivity index (χ3n) is 4.16. The molecule has 2 rings (SSSR count). The van der Waals surface area contributed by atoms with Crippen molar-refractivity contribution in [1.29, 1.82) is 0 Å². The molecule has 0 aromatic carbocycles. The molecule has 10 atom stereocenters. The maximum atomic E-state index is 10.3. The Hall–Kier alpha value is -1.09. The second kappa shape index (κ2) is 8.53. The van der Waals surface area contributed by atoms with Crippen LogP contribution in [0.4, 0.5) is 0 Å². The minimum atomic E-state index is -1.74. The molecule has 2 aliphatic heterocycles. The topological polar surface area (TPSA) is 218 Å². The highest BCUT2D eigenvalue weighted by Gasteiger charge is 2.50. The molecular formula is C12H21N3O10. The van der Waals surface area contributed by atoms with Crippen molar-refractivity contribution in [2.24, 2.45) is 5.11 Å². The van der Waals surface area contributed by atoms with Crippen molar-refractivity contribution in [2.75, 3.05) is 13.2 Å². The van der Waals surface area contributed by atoms with Crippen molar-refractivity contribution in [3.8, 4) is 0 Å². The minimum absolute atomic E-state index is 0.683. The molecule has 13 nitrogen and oxygen atoms in total. The van der Waals surface area contributed by atoms with Gasteiger partial charge in [-0.05, 0) is 5.53 Å². The first kappa shape index (κ1) is 20.2. The van der Waals surface area contributed by atoms with Crippen molar-refractivity contribution in [3.05, 3.63) is 10.4 Å². The molecule has 2 aliphatic rings. The molecule has 0 aromatic rings. The van der Waals surface area contributed by atoms with E-state index in [-0.39, 0.29) is 0 Å². The van der Waals surface area contributed by atoms with Gasteiger partial charge in [-0.2, -0.15) is 0 Å². The molecule has 25 heavy (non-hydrogen) atoms. The van der Waals surface area contributed by atoms with Gasteiger partial charge in [-0.15, -0.1) is 0 Å². The summed E-state index contributed by atoms with van der Waals surface area (Å²) in [5, 5.41) is 71.1. The number of ether oxygens (including phenoxy) is 3. The van der Waals surface area contributed by atoms with E-state index in [0.29, 0.717) is 0 Å². The Bertz CT molecular complexity index is 490. The quantitative estimate of drug-likeness (QED) is 0.141. The first-order chi connectivity index (χ1) is 11.8. The fourth-order valence-electron chi connectivity index (χ4n) is 2.75. The third kappa shape index (κ3) is 4.02. The van der Waals surface area contributed by atoms with Crippen LogP contribution >= 0.6 is 0 Å². The summed E-state index contributed by atoms with van der Waals surface area (Å²) in [6, 6.07) is -1.46. The molecule has 2 heterocycles. The van der Waals surface area contributed by atoms with Gasteiger partial charge in [-0.3, -0.25) is 0 Å². The van der Waals surface area contributed by atoms with Crippen LogP contribution in [0.25, 0.3) is 10.4 Å². The van der Waals surface area contributed by atoms with Crippen LogP contribution in [0.3, 0.4) is 0 Å². The van der Waals surface area contributed by atoms with Crippen molar-refractivity contribution in [3.63, 3.8) is 0 Å². The second-order valence-electron chi connectivity index (χ2n) is 5.73. The highest BCUT2D eigenvalue weighted by atomic mass is 16.7. The molecule has 144 valence electrons. The van der Waals surface area contributed by atoms with Crippen LogP contribution in [0, 0.1) is 0 Å². The van der Waals surface area contributed by atoms with Crippen LogP contribution in [-0.2, 0) is 14.2 Å². The Morgan fingerprint density at radius 3 is 2.08 bits per heavy atom. The van der Waals surface area contributed by atoms with Crippen molar-refractivity contribution in [1.82, 2.24) is 0 Å². The highest BCUT2D eigenvalue weighted by molar-refractivity contribution is 4.96. The predicted octanol–water partition coefficient (Wildman–Crippen LogP) is -4.08. The number of rotatable bonds is 5. The normalized spacial score (nSPS) is 48.0. The minimum Gasteiger partial charge on any atom is -0.394 e. The average Bonchev–Trinajstić information content (AvgIpc) is 2.60. The Balaban J connectivity index is 2.18. The molecule has 2 fully saturated rings. The Kier molecular flexibility index (Phi) is 6.90. The lowest BCUT2D eigenvalue weighted by Crippen LogP contribution is -2.64.